The van der Waals surface area contributed by atoms with Crippen LogP contribution in [0.2, 0.25) is 0 Å². The molecule has 3 aliphatic carbocycles. The van der Waals surface area contributed by atoms with E-state index in [0.717, 1.165) is 19.3 Å². The van der Waals surface area contributed by atoms with Crippen LogP contribution in [0.5, 0.6) is 5.75 Å². The highest BCUT2D eigenvalue weighted by Crippen LogP contribution is 2.47. The number of sulfonamides is 1. The summed E-state index contributed by atoms with van der Waals surface area (Å²) in [5, 5.41) is 2.27. The number of carbonyl (C=O) groups is 4. The summed E-state index contributed by atoms with van der Waals surface area (Å²) in [6.07, 6.45) is 6.41. The molecule has 0 saturated heterocycles. The molecule has 2 aliphatic heterocycles. The number of carbonyl (C=O) groups excluding carboxylic acids is 4. The molecule has 232 valence electrons. The number of hydrogen-bond acceptors (Lipinski definition) is 8. The van der Waals surface area contributed by atoms with E-state index in [1.54, 1.807) is 30.1 Å². The third-order valence-electron chi connectivity index (χ3n) is 9.21. The maximum absolute atomic E-state index is 13.9. The first kappa shape index (κ1) is 29.5. The largest absolute Gasteiger partial charge is 0.490 e. The van der Waals surface area contributed by atoms with E-state index < -0.39 is 56.7 Å². The summed E-state index contributed by atoms with van der Waals surface area (Å²) < 4.78 is 38.9. The Hall–Kier alpha value is -3.61. The van der Waals surface area contributed by atoms with E-state index in [9.17, 15) is 27.6 Å². The minimum absolute atomic E-state index is 0.104. The number of rotatable bonds is 4. The standard InChI is InChI=1S/C30H38N4O8S/c1-33-13-7-3-2-4-8-19-18-30(19,28(37)32-43(39,40)21-11-12-21)31-26(35)22-16-20(17-23(22)27(33)36)42-29(38)34-14-15-41-25-10-6-5-9-24(25)34/h4-6,8-10,19-23H,2-3,7,11-18H2,1H3,(H,31,35)(H,32,37)/b8-4-. The normalized spacial score (nSPS) is 31.7. The lowest BCUT2D eigenvalue weighted by Gasteiger charge is -2.29. The van der Waals surface area contributed by atoms with Crippen molar-refractivity contribution in [2.45, 2.75) is 68.3 Å². The number of fused-ring (bicyclic) bond motifs is 3. The monoisotopic (exact) mass is 614 g/mol. The van der Waals surface area contributed by atoms with Gasteiger partial charge in [0, 0.05) is 19.5 Å². The number of nitrogens with one attached hydrogen (secondary N) is 2. The number of nitrogens with zero attached hydrogens (tertiary/aromatic N) is 2. The van der Waals surface area contributed by atoms with Gasteiger partial charge in [0.15, 0.2) is 0 Å². The summed E-state index contributed by atoms with van der Waals surface area (Å²) in [5.74, 6) is -2.89. The van der Waals surface area contributed by atoms with Gasteiger partial charge in [-0.3, -0.25) is 24.0 Å². The van der Waals surface area contributed by atoms with Gasteiger partial charge < -0.3 is 19.7 Å². The van der Waals surface area contributed by atoms with E-state index in [2.05, 4.69) is 10.0 Å². The van der Waals surface area contributed by atoms with Crippen LogP contribution < -0.4 is 19.7 Å². The van der Waals surface area contributed by atoms with Crippen molar-refractivity contribution in [2.75, 3.05) is 31.6 Å². The van der Waals surface area contributed by atoms with Crippen LogP contribution in [0.15, 0.2) is 36.4 Å². The quantitative estimate of drug-likeness (QED) is 0.490. The summed E-state index contributed by atoms with van der Waals surface area (Å²) in [7, 11) is -2.11. The molecular formula is C30H38N4O8S. The van der Waals surface area contributed by atoms with Crippen LogP contribution in [0.4, 0.5) is 10.5 Å². The molecule has 0 radical (unpaired) electrons. The van der Waals surface area contributed by atoms with Crippen molar-refractivity contribution in [2.24, 2.45) is 17.8 Å². The highest BCUT2D eigenvalue weighted by Gasteiger charge is 2.62. The molecule has 43 heavy (non-hydrogen) atoms. The highest BCUT2D eigenvalue weighted by molar-refractivity contribution is 7.91. The van der Waals surface area contributed by atoms with Crippen molar-refractivity contribution in [3.05, 3.63) is 36.4 Å². The molecule has 3 saturated carbocycles. The second kappa shape index (κ2) is 11.5. The SMILES string of the molecule is CN1CCCC/C=C\C2CC2(C(=O)NS(=O)(=O)C2CC2)NC(=O)C2CC(OC(=O)N3CCOc4ccccc43)CC2C1=O. The van der Waals surface area contributed by atoms with Crippen LogP contribution in [-0.2, 0) is 29.1 Å². The Bertz CT molecular complexity index is 1440. The van der Waals surface area contributed by atoms with E-state index >= 15 is 0 Å². The van der Waals surface area contributed by atoms with Crippen molar-refractivity contribution in [3.63, 3.8) is 0 Å². The summed E-state index contributed by atoms with van der Waals surface area (Å²) in [4.78, 5) is 57.3. The molecule has 6 rings (SSSR count). The molecule has 0 aromatic heterocycles. The predicted octanol–water partition coefficient (Wildman–Crippen LogP) is 2.10. The number of amides is 4. The van der Waals surface area contributed by atoms with Crippen LogP contribution in [0.25, 0.3) is 0 Å². The predicted molar refractivity (Wildman–Crippen MR) is 155 cm³/mol. The van der Waals surface area contributed by atoms with Gasteiger partial charge in [-0.15, -0.1) is 0 Å². The number of benzene rings is 1. The molecule has 0 spiro atoms. The van der Waals surface area contributed by atoms with Crippen LogP contribution in [0, 0.1) is 17.8 Å². The summed E-state index contributed by atoms with van der Waals surface area (Å²) in [5.41, 5.74) is -0.823. The number of hydrogen-bond donors (Lipinski definition) is 2. The molecule has 5 aliphatic rings. The lowest BCUT2D eigenvalue weighted by Crippen LogP contribution is -2.54. The van der Waals surface area contributed by atoms with E-state index in [0.29, 0.717) is 44.0 Å². The lowest BCUT2D eigenvalue weighted by molar-refractivity contribution is -0.140. The molecular weight excluding hydrogens is 576 g/mol. The number of anilines is 1. The molecule has 0 bridgehead atoms. The Morgan fingerprint density at radius 2 is 1.86 bits per heavy atom. The van der Waals surface area contributed by atoms with E-state index in [1.165, 1.54) is 4.90 Å². The van der Waals surface area contributed by atoms with E-state index in [-0.39, 0.29) is 31.1 Å². The molecule has 13 heteroatoms. The van der Waals surface area contributed by atoms with Crippen molar-refractivity contribution < 1.29 is 37.1 Å². The van der Waals surface area contributed by atoms with Crippen LogP contribution >= 0.6 is 0 Å². The molecule has 2 N–H and O–H groups in total. The summed E-state index contributed by atoms with van der Waals surface area (Å²) in [6, 6.07) is 7.15. The third kappa shape index (κ3) is 5.96. The fourth-order valence-corrected chi connectivity index (χ4v) is 7.82. The topological polar surface area (TPSA) is 151 Å². The Balaban J connectivity index is 1.22. The number of allylic oxidation sites excluding steroid dienone is 1. The molecule has 12 nitrogen and oxygen atoms in total. The summed E-state index contributed by atoms with van der Waals surface area (Å²) >= 11 is 0. The molecule has 3 fully saturated rings. The Labute approximate surface area is 251 Å². The van der Waals surface area contributed by atoms with Gasteiger partial charge in [-0.05, 0) is 63.5 Å². The zero-order valence-electron chi connectivity index (χ0n) is 24.2. The van der Waals surface area contributed by atoms with Gasteiger partial charge in [0.1, 0.15) is 24.0 Å². The van der Waals surface area contributed by atoms with Gasteiger partial charge in [-0.2, -0.15) is 0 Å². The Kier molecular flexibility index (Phi) is 7.86. The fraction of sp³-hybridized carbons (Fsp3) is 0.600. The Morgan fingerprint density at radius 1 is 1.09 bits per heavy atom. The first-order valence-electron chi connectivity index (χ1n) is 15.1. The van der Waals surface area contributed by atoms with Gasteiger partial charge >= 0.3 is 6.09 Å². The average molecular weight is 615 g/mol. The molecule has 1 aromatic carbocycles. The zero-order valence-corrected chi connectivity index (χ0v) is 25.0. The molecule has 5 unspecified atom stereocenters. The second-order valence-electron chi connectivity index (χ2n) is 12.3. The molecule has 4 amide bonds. The van der Waals surface area contributed by atoms with Crippen molar-refractivity contribution in [1.29, 1.82) is 0 Å². The minimum atomic E-state index is -3.82. The van der Waals surface area contributed by atoms with Crippen molar-refractivity contribution in [3.8, 4) is 5.75 Å². The highest BCUT2D eigenvalue weighted by atomic mass is 32.2. The first-order chi connectivity index (χ1) is 20.6. The smallest absolute Gasteiger partial charge is 0.414 e. The first-order valence-corrected chi connectivity index (χ1v) is 16.6. The zero-order chi connectivity index (χ0) is 30.4. The number of ether oxygens (including phenoxy) is 2. The average Bonchev–Trinajstić information content (AvgIpc) is 3.91. The van der Waals surface area contributed by atoms with Gasteiger partial charge in [0.2, 0.25) is 21.8 Å². The molecule has 1 aromatic rings. The third-order valence-corrected chi connectivity index (χ3v) is 11.0. The summed E-state index contributed by atoms with van der Waals surface area (Å²) in [6.45, 7) is 1.14. The van der Waals surface area contributed by atoms with Gasteiger partial charge in [0.25, 0.3) is 5.91 Å². The van der Waals surface area contributed by atoms with Gasteiger partial charge in [-0.1, -0.05) is 24.3 Å². The van der Waals surface area contributed by atoms with Crippen LogP contribution in [-0.4, -0.2) is 80.8 Å². The van der Waals surface area contributed by atoms with Gasteiger partial charge in [-0.25, -0.2) is 13.2 Å². The van der Waals surface area contributed by atoms with Crippen molar-refractivity contribution >= 4 is 39.5 Å². The van der Waals surface area contributed by atoms with Crippen LogP contribution in [0.1, 0.15) is 51.4 Å². The molecule has 5 atom stereocenters. The van der Waals surface area contributed by atoms with Gasteiger partial charge in [0.05, 0.1) is 29.3 Å². The molecule has 2 heterocycles. The fourth-order valence-electron chi connectivity index (χ4n) is 6.46. The lowest BCUT2D eigenvalue weighted by atomic mass is 9.93. The maximum atomic E-state index is 13.9. The van der Waals surface area contributed by atoms with Crippen molar-refractivity contribution in [1.82, 2.24) is 14.9 Å². The Morgan fingerprint density at radius 3 is 2.65 bits per heavy atom. The van der Waals surface area contributed by atoms with E-state index in [4.69, 9.17) is 9.47 Å². The number of para-hydroxylation sites is 2. The maximum Gasteiger partial charge on any atom is 0.414 e. The van der Waals surface area contributed by atoms with Crippen LogP contribution in [0.3, 0.4) is 0 Å². The van der Waals surface area contributed by atoms with E-state index in [1.807, 2.05) is 18.2 Å². The minimum Gasteiger partial charge on any atom is -0.490 e. The second-order valence-corrected chi connectivity index (χ2v) is 14.2.